The van der Waals surface area contributed by atoms with Crippen molar-refractivity contribution in [2.24, 2.45) is 16.8 Å². The summed E-state index contributed by atoms with van der Waals surface area (Å²) >= 11 is 0. The highest BCUT2D eigenvalue weighted by Crippen LogP contribution is 2.34. The van der Waals surface area contributed by atoms with Gasteiger partial charge in [0.2, 0.25) is 0 Å². The Bertz CT molecular complexity index is 325. The molecular formula is C13H22N4. The van der Waals surface area contributed by atoms with Gasteiger partial charge in [0, 0.05) is 19.6 Å². The molecule has 3 aliphatic rings. The molecule has 0 bridgehead atoms. The van der Waals surface area contributed by atoms with Crippen molar-refractivity contribution in [3.63, 3.8) is 0 Å². The Hall–Kier alpha value is -0.710. The average molecular weight is 234 g/mol. The van der Waals surface area contributed by atoms with Gasteiger partial charge in [0.15, 0.2) is 0 Å². The fraction of sp³-hybridized carbons (Fsp3) is 0.769. The lowest BCUT2D eigenvalue weighted by atomic mass is 9.81. The number of hydrogen-bond donors (Lipinski definition) is 3. The molecular weight excluding hydrogens is 212 g/mol. The highest BCUT2D eigenvalue weighted by Gasteiger charge is 2.39. The quantitative estimate of drug-likeness (QED) is 0.470. The maximum absolute atomic E-state index is 4.15. The molecule has 2 fully saturated rings. The molecule has 3 rings (SSSR count). The maximum Gasteiger partial charge on any atom is 0.0800 e. The van der Waals surface area contributed by atoms with Crippen molar-refractivity contribution in [2.75, 3.05) is 26.2 Å². The van der Waals surface area contributed by atoms with Gasteiger partial charge in [-0.15, -0.1) is 0 Å². The molecule has 0 aromatic heterocycles. The first-order valence-electron chi connectivity index (χ1n) is 6.72. The average Bonchev–Trinajstić information content (AvgIpc) is 2.82. The van der Waals surface area contributed by atoms with Gasteiger partial charge in [-0.25, -0.2) is 0 Å². The molecule has 2 saturated heterocycles. The molecule has 0 spiro atoms. The second-order valence-corrected chi connectivity index (χ2v) is 5.38. The lowest BCUT2D eigenvalue weighted by Crippen LogP contribution is -2.46. The molecule has 0 saturated carbocycles. The summed E-state index contributed by atoms with van der Waals surface area (Å²) in [5.41, 5.74) is 1.54. The van der Waals surface area contributed by atoms with E-state index in [1.807, 2.05) is 0 Å². The SMILES string of the molecule is C=NC1C=C(C2CNC3NCCCC32)CNC1. The van der Waals surface area contributed by atoms with E-state index in [0.717, 1.165) is 32.1 Å². The van der Waals surface area contributed by atoms with Gasteiger partial charge < -0.3 is 16.0 Å². The van der Waals surface area contributed by atoms with Crippen LogP contribution in [0.15, 0.2) is 16.6 Å². The molecule has 3 aliphatic heterocycles. The van der Waals surface area contributed by atoms with E-state index >= 15 is 0 Å². The van der Waals surface area contributed by atoms with E-state index in [-0.39, 0.29) is 6.04 Å². The van der Waals surface area contributed by atoms with Crippen molar-refractivity contribution in [3.8, 4) is 0 Å². The zero-order valence-corrected chi connectivity index (χ0v) is 10.3. The molecule has 3 heterocycles. The molecule has 17 heavy (non-hydrogen) atoms. The molecule has 3 N–H and O–H groups in total. The van der Waals surface area contributed by atoms with E-state index < -0.39 is 0 Å². The van der Waals surface area contributed by atoms with Crippen LogP contribution in [-0.2, 0) is 0 Å². The summed E-state index contributed by atoms with van der Waals surface area (Å²) < 4.78 is 0. The van der Waals surface area contributed by atoms with Crippen molar-refractivity contribution in [1.29, 1.82) is 0 Å². The number of nitrogens with zero attached hydrogens (tertiary/aromatic N) is 1. The first kappa shape index (κ1) is 11.4. The summed E-state index contributed by atoms with van der Waals surface area (Å²) in [6, 6.07) is 0.273. The largest absolute Gasteiger partial charge is 0.311 e. The molecule has 0 aromatic rings. The predicted octanol–water partition coefficient (Wildman–Crippen LogP) is 0.130. The van der Waals surface area contributed by atoms with E-state index in [1.165, 1.54) is 18.4 Å². The molecule has 4 atom stereocenters. The van der Waals surface area contributed by atoms with E-state index in [0.29, 0.717) is 12.1 Å². The Kier molecular flexibility index (Phi) is 3.27. The molecule has 0 aromatic carbocycles. The minimum absolute atomic E-state index is 0.273. The van der Waals surface area contributed by atoms with Gasteiger partial charge in [0.05, 0.1) is 12.2 Å². The standard InChI is InChI=1S/C13H22N4/c1-14-10-5-9(6-15-7-10)12-8-17-13-11(12)3-2-4-16-13/h5,10-13,15-17H,1-4,6-8H2. The van der Waals surface area contributed by atoms with Crippen molar-refractivity contribution in [2.45, 2.75) is 25.0 Å². The van der Waals surface area contributed by atoms with Gasteiger partial charge in [-0.3, -0.25) is 4.99 Å². The van der Waals surface area contributed by atoms with Crippen LogP contribution in [0.25, 0.3) is 0 Å². The molecule has 94 valence electrons. The lowest BCUT2D eigenvalue weighted by Gasteiger charge is -2.32. The zero-order chi connectivity index (χ0) is 11.7. The predicted molar refractivity (Wildman–Crippen MR) is 70.3 cm³/mol. The molecule has 0 amide bonds. The summed E-state index contributed by atoms with van der Waals surface area (Å²) in [5, 5.41) is 10.7. The molecule has 4 heteroatoms. The highest BCUT2D eigenvalue weighted by atomic mass is 15.2. The smallest absolute Gasteiger partial charge is 0.0800 e. The lowest BCUT2D eigenvalue weighted by molar-refractivity contribution is 0.269. The Morgan fingerprint density at radius 2 is 2.24 bits per heavy atom. The topological polar surface area (TPSA) is 48.5 Å². The van der Waals surface area contributed by atoms with Gasteiger partial charge in [-0.05, 0) is 37.9 Å². The normalized spacial score (nSPS) is 41.8. The second-order valence-electron chi connectivity index (χ2n) is 5.38. The van der Waals surface area contributed by atoms with E-state index in [1.54, 1.807) is 0 Å². The summed E-state index contributed by atoms with van der Waals surface area (Å²) in [6.45, 7) is 7.91. The minimum atomic E-state index is 0.273. The zero-order valence-electron chi connectivity index (χ0n) is 10.3. The second kappa shape index (κ2) is 4.88. The Balaban J connectivity index is 1.75. The van der Waals surface area contributed by atoms with Crippen LogP contribution in [0.2, 0.25) is 0 Å². The van der Waals surface area contributed by atoms with E-state index in [4.69, 9.17) is 0 Å². The van der Waals surface area contributed by atoms with Crippen molar-refractivity contribution < 1.29 is 0 Å². The van der Waals surface area contributed by atoms with Crippen LogP contribution in [-0.4, -0.2) is 45.1 Å². The van der Waals surface area contributed by atoms with Crippen LogP contribution in [0.3, 0.4) is 0 Å². The van der Waals surface area contributed by atoms with Crippen LogP contribution < -0.4 is 16.0 Å². The first-order valence-corrected chi connectivity index (χ1v) is 6.72. The van der Waals surface area contributed by atoms with E-state index in [9.17, 15) is 0 Å². The van der Waals surface area contributed by atoms with Crippen molar-refractivity contribution in [3.05, 3.63) is 11.6 Å². The van der Waals surface area contributed by atoms with Crippen LogP contribution >= 0.6 is 0 Å². The Morgan fingerprint density at radius 1 is 1.29 bits per heavy atom. The van der Waals surface area contributed by atoms with Crippen molar-refractivity contribution in [1.82, 2.24) is 16.0 Å². The Labute approximate surface area is 103 Å². The fourth-order valence-electron chi connectivity index (χ4n) is 3.48. The van der Waals surface area contributed by atoms with Crippen LogP contribution in [0.4, 0.5) is 0 Å². The van der Waals surface area contributed by atoms with Gasteiger partial charge in [0.25, 0.3) is 0 Å². The number of fused-ring (bicyclic) bond motifs is 1. The van der Waals surface area contributed by atoms with Crippen molar-refractivity contribution >= 4 is 6.72 Å². The van der Waals surface area contributed by atoms with Gasteiger partial charge in [-0.1, -0.05) is 11.6 Å². The molecule has 4 unspecified atom stereocenters. The minimum Gasteiger partial charge on any atom is -0.311 e. The summed E-state index contributed by atoms with van der Waals surface area (Å²) in [4.78, 5) is 4.15. The highest BCUT2D eigenvalue weighted by molar-refractivity contribution is 5.28. The number of hydrogen-bond acceptors (Lipinski definition) is 4. The number of nitrogens with one attached hydrogen (secondary N) is 3. The van der Waals surface area contributed by atoms with Gasteiger partial charge in [0.1, 0.15) is 0 Å². The summed E-state index contributed by atoms with van der Waals surface area (Å²) in [7, 11) is 0. The van der Waals surface area contributed by atoms with Gasteiger partial charge >= 0.3 is 0 Å². The third-order valence-corrected chi connectivity index (χ3v) is 4.38. The number of aliphatic imine (C=N–C) groups is 1. The number of piperidine rings is 1. The van der Waals surface area contributed by atoms with Crippen LogP contribution in [0.1, 0.15) is 12.8 Å². The molecule has 0 radical (unpaired) electrons. The van der Waals surface area contributed by atoms with Crippen LogP contribution in [0.5, 0.6) is 0 Å². The molecule has 0 aliphatic carbocycles. The Morgan fingerprint density at radius 3 is 3.12 bits per heavy atom. The third-order valence-electron chi connectivity index (χ3n) is 4.38. The monoisotopic (exact) mass is 234 g/mol. The summed E-state index contributed by atoms with van der Waals surface area (Å²) in [5.74, 6) is 1.45. The summed E-state index contributed by atoms with van der Waals surface area (Å²) in [6.07, 6.45) is 5.53. The molecule has 4 nitrogen and oxygen atoms in total. The first-order chi connectivity index (χ1) is 8.38. The van der Waals surface area contributed by atoms with Gasteiger partial charge in [-0.2, -0.15) is 0 Å². The van der Waals surface area contributed by atoms with E-state index in [2.05, 4.69) is 33.7 Å². The maximum atomic E-state index is 4.15. The third kappa shape index (κ3) is 2.17. The number of rotatable bonds is 2. The van der Waals surface area contributed by atoms with Crippen LogP contribution in [0, 0.1) is 11.8 Å². The fourth-order valence-corrected chi connectivity index (χ4v) is 3.48.